The van der Waals surface area contributed by atoms with Crippen LogP contribution in [0, 0.1) is 0 Å². The number of ketones is 1. The standard InChI is InChI=1S/C24H29N3O4S/c1-3-13-30-14-7-11-19(28)22-21(20-12-8-15-31-20)26-24(32-22)27-23(29)18-10-6-4-5-9-17(2)25-16-18/h6,8,10,12,15-16H,3-5,7,9,11,13-14H2,1-2H3,(H,26,27,29)/b10-6+,18-16+,25-17+. The Bertz CT molecular complexity index is 1000. The number of nitrogens with one attached hydrogen (secondary N) is 1. The van der Waals surface area contributed by atoms with Crippen LogP contribution in [-0.2, 0) is 9.53 Å². The van der Waals surface area contributed by atoms with Crippen LogP contribution in [0.3, 0.4) is 0 Å². The molecule has 0 atom stereocenters. The Morgan fingerprint density at radius 2 is 2.19 bits per heavy atom. The number of carbonyl (C=O) groups is 2. The molecular weight excluding hydrogens is 426 g/mol. The third kappa shape index (κ3) is 6.83. The highest BCUT2D eigenvalue weighted by Crippen LogP contribution is 2.33. The lowest BCUT2D eigenvalue weighted by molar-refractivity contribution is -0.112. The van der Waals surface area contributed by atoms with Gasteiger partial charge >= 0.3 is 0 Å². The molecule has 0 unspecified atom stereocenters. The number of aliphatic imine (C=N–C) groups is 1. The normalized spacial score (nSPS) is 18.4. The molecule has 0 saturated carbocycles. The summed E-state index contributed by atoms with van der Waals surface area (Å²) in [4.78, 5) is 35.1. The predicted molar refractivity (Wildman–Crippen MR) is 127 cm³/mol. The smallest absolute Gasteiger partial charge is 0.258 e. The molecule has 1 amide bonds. The highest BCUT2D eigenvalue weighted by atomic mass is 32.1. The molecule has 0 bridgehead atoms. The van der Waals surface area contributed by atoms with E-state index in [1.54, 1.807) is 24.4 Å². The van der Waals surface area contributed by atoms with E-state index in [1.165, 1.54) is 6.26 Å². The van der Waals surface area contributed by atoms with Crippen LogP contribution in [0.2, 0.25) is 0 Å². The van der Waals surface area contributed by atoms with E-state index < -0.39 is 0 Å². The summed E-state index contributed by atoms with van der Waals surface area (Å²) in [6.07, 6.45) is 11.6. The molecule has 7 nitrogen and oxygen atoms in total. The Morgan fingerprint density at radius 1 is 1.31 bits per heavy atom. The Balaban J connectivity index is 1.77. The molecule has 0 aliphatic carbocycles. The molecule has 0 fully saturated rings. The minimum absolute atomic E-state index is 0.0451. The van der Waals surface area contributed by atoms with Crippen molar-refractivity contribution >= 4 is 33.9 Å². The van der Waals surface area contributed by atoms with E-state index in [0.717, 1.165) is 42.7 Å². The number of hydrogen-bond acceptors (Lipinski definition) is 7. The van der Waals surface area contributed by atoms with Crippen molar-refractivity contribution in [3.63, 3.8) is 0 Å². The van der Waals surface area contributed by atoms with E-state index >= 15 is 0 Å². The molecule has 0 saturated heterocycles. The number of amides is 1. The number of anilines is 1. The molecule has 1 aliphatic heterocycles. The molecule has 2 aromatic heterocycles. The quantitative estimate of drug-likeness (QED) is 0.360. The molecule has 32 heavy (non-hydrogen) atoms. The molecule has 0 aromatic carbocycles. The van der Waals surface area contributed by atoms with Gasteiger partial charge in [0.15, 0.2) is 16.7 Å². The number of allylic oxidation sites excluding steroid dienone is 1. The summed E-state index contributed by atoms with van der Waals surface area (Å²) in [6.45, 7) is 5.24. The first kappa shape index (κ1) is 23.8. The Kier molecular flexibility index (Phi) is 9.13. The summed E-state index contributed by atoms with van der Waals surface area (Å²) in [7, 11) is 0. The fourth-order valence-corrected chi connectivity index (χ4v) is 4.05. The summed E-state index contributed by atoms with van der Waals surface area (Å²) >= 11 is 1.16. The van der Waals surface area contributed by atoms with Gasteiger partial charge in [0.1, 0.15) is 10.6 Å². The highest BCUT2D eigenvalue weighted by Gasteiger charge is 2.22. The van der Waals surface area contributed by atoms with E-state index in [2.05, 4.69) is 15.3 Å². The van der Waals surface area contributed by atoms with Crippen molar-refractivity contribution in [1.29, 1.82) is 0 Å². The molecule has 0 spiro atoms. The zero-order valence-corrected chi connectivity index (χ0v) is 19.4. The molecule has 3 rings (SSSR count). The van der Waals surface area contributed by atoms with Gasteiger partial charge in [-0.2, -0.15) is 0 Å². The van der Waals surface area contributed by atoms with Gasteiger partial charge in [-0.3, -0.25) is 19.9 Å². The van der Waals surface area contributed by atoms with Gasteiger partial charge in [-0.05, 0) is 51.2 Å². The zero-order chi connectivity index (χ0) is 22.8. The first-order valence-electron chi connectivity index (χ1n) is 11.0. The monoisotopic (exact) mass is 455 g/mol. The third-order valence-corrected chi connectivity index (χ3v) is 5.80. The summed E-state index contributed by atoms with van der Waals surface area (Å²) in [5.74, 6) is 0.136. The minimum atomic E-state index is -0.314. The molecular formula is C24H29N3O4S. The Labute approximate surface area is 192 Å². The maximum Gasteiger partial charge on any atom is 0.258 e. The average molecular weight is 456 g/mol. The third-order valence-electron chi connectivity index (χ3n) is 4.79. The van der Waals surface area contributed by atoms with E-state index in [4.69, 9.17) is 9.15 Å². The number of rotatable bonds is 10. The topological polar surface area (TPSA) is 93.8 Å². The molecule has 8 heteroatoms. The second-order valence-electron chi connectivity index (χ2n) is 7.51. The minimum Gasteiger partial charge on any atom is -0.463 e. The fourth-order valence-electron chi connectivity index (χ4n) is 3.11. The number of aromatic nitrogens is 1. The maximum atomic E-state index is 12.9. The van der Waals surface area contributed by atoms with Crippen molar-refractivity contribution in [1.82, 2.24) is 4.98 Å². The highest BCUT2D eigenvalue weighted by molar-refractivity contribution is 7.18. The van der Waals surface area contributed by atoms with Gasteiger partial charge in [0, 0.05) is 31.5 Å². The summed E-state index contributed by atoms with van der Waals surface area (Å²) in [5.41, 5.74) is 1.88. The van der Waals surface area contributed by atoms with Crippen molar-refractivity contribution in [3.05, 3.63) is 47.2 Å². The molecule has 1 aliphatic rings. The second kappa shape index (κ2) is 12.3. The second-order valence-corrected chi connectivity index (χ2v) is 8.51. The maximum absolute atomic E-state index is 12.9. The van der Waals surface area contributed by atoms with Crippen molar-refractivity contribution in [2.24, 2.45) is 4.99 Å². The number of hydrogen-bond donors (Lipinski definition) is 1. The first-order valence-corrected chi connectivity index (χ1v) is 11.8. The summed E-state index contributed by atoms with van der Waals surface area (Å²) < 4.78 is 10.9. The van der Waals surface area contributed by atoms with Crippen LogP contribution in [0.15, 0.2) is 51.7 Å². The van der Waals surface area contributed by atoms with Crippen LogP contribution < -0.4 is 5.32 Å². The molecule has 170 valence electrons. The predicted octanol–water partition coefficient (Wildman–Crippen LogP) is 5.82. The van der Waals surface area contributed by atoms with E-state index in [-0.39, 0.29) is 11.7 Å². The lowest BCUT2D eigenvalue weighted by Gasteiger charge is -2.02. The van der Waals surface area contributed by atoms with Crippen molar-refractivity contribution in [2.45, 2.75) is 52.4 Å². The summed E-state index contributed by atoms with van der Waals surface area (Å²) in [6, 6.07) is 3.50. The largest absolute Gasteiger partial charge is 0.463 e. The fraction of sp³-hybridized carbons (Fsp3) is 0.417. The SMILES string of the molecule is CCCOCCCC(=O)c1sc(NC(=O)C2=C/N=C(\C)CCC\C=C\2)nc1-c1ccco1. The number of furan rings is 1. The van der Waals surface area contributed by atoms with Crippen LogP contribution in [0.5, 0.6) is 0 Å². The van der Waals surface area contributed by atoms with Gasteiger partial charge in [-0.25, -0.2) is 4.98 Å². The van der Waals surface area contributed by atoms with E-state index in [1.807, 2.05) is 19.9 Å². The van der Waals surface area contributed by atoms with E-state index in [9.17, 15) is 9.59 Å². The lowest BCUT2D eigenvalue weighted by atomic mass is 10.1. The Hall–Kier alpha value is -2.84. The van der Waals surface area contributed by atoms with Gasteiger partial charge in [0.25, 0.3) is 5.91 Å². The lowest BCUT2D eigenvalue weighted by Crippen LogP contribution is -2.13. The van der Waals surface area contributed by atoms with Crippen LogP contribution >= 0.6 is 11.3 Å². The average Bonchev–Trinajstić information content (AvgIpc) is 3.45. The van der Waals surface area contributed by atoms with Gasteiger partial charge in [0.2, 0.25) is 0 Å². The summed E-state index contributed by atoms with van der Waals surface area (Å²) in [5, 5.41) is 3.17. The molecule has 1 N–H and O–H groups in total. The van der Waals surface area contributed by atoms with Crippen molar-refractivity contribution in [2.75, 3.05) is 18.5 Å². The zero-order valence-electron chi connectivity index (χ0n) is 18.6. The number of carbonyl (C=O) groups excluding carboxylic acids is 2. The van der Waals surface area contributed by atoms with Gasteiger partial charge in [-0.1, -0.05) is 30.4 Å². The van der Waals surface area contributed by atoms with Crippen LogP contribution in [0.1, 0.15) is 62.0 Å². The number of nitrogens with zero attached hydrogens (tertiary/aromatic N) is 2. The van der Waals surface area contributed by atoms with Crippen LogP contribution in [0.4, 0.5) is 5.13 Å². The van der Waals surface area contributed by atoms with Crippen molar-refractivity contribution in [3.8, 4) is 11.5 Å². The molecule has 0 radical (unpaired) electrons. The number of thiazole rings is 1. The number of Topliss-reactive ketones (excluding diaryl/α,β-unsaturated/α-hetero) is 1. The Morgan fingerprint density at radius 3 is 2.97 bits per heavy atom. The molecule has 2 aromatic rings. The van der Waals surface area contributed by atoms with Crippen LogP contribution in [-0.4, -0.2) is 35.6 Å². The van der Waals surface area contributed by atoms with Crippen LogP contribution in [0.25, 0.3) is 11.5 Å². The van der Waals surface area contributed by atoms with Gasteiger partial charge < -0.3 is 9.15 Å². The van der Waals surface area contributed by atoms with E-state index in [0.29, 0.717) is 53.1 Å². The van der Waals surface area contributed by atoms with Crippen molar-refractivity contribution < 1.29 is 18.7 Å². The van der Waals surface area contributed by atoms with Gasteiger partial charge in [-0.15, -0.1) is 0 Å². The molecule has 3 heterocycles. The number of ether oxygens (including phenoxy) is 1. The van der Waals surface area contributed by atoms with Gasteiger partial charge in [0.05, 0.1) is 11.8 Å². The first-order chi connectivity index (χ1) is 15.6.